The van der Waals surface area contributed by atoms with E-state index in [1.165, 1.54) is 0 Å². The Hall–Kier alpha value is -4.07. The van der Waals surface area contributed by atoms with Crippen molar-refractivity contribution < 1.29 is 19.0 Å². The minimum Gasteiger partial charge on any atom is -0.493 e. The Labute approximate surface area is 216 Å². The van der Waals surface area contributed by atoms with Crippen molar-refractivity contribution in [2.75, 3.05) is 14.2 Å². The summed E-state index contributed by atoms with van der Waals surface area (Å²) >= 11 is 0. The van der Waals surface area contributed by atoms with Crippen molar-refractivity contribution in [2.45, 2.75) is 51.2 Å². The average molecular weight is 501 g/mol. The molecule has 2 heterocycles. The first-order valence-corrected chi connectivity index (χ1v) is 12.4. The Bertz CT molecular complexity index is 1420. The Morgan fingerprint density at radius 2 is 1.68 bits per heavy atom. The van der Waals surface area contributed by atoms with Crippen LogP contribution in [0, 0.1) is 0 Å². The number of hydrogen-bond acceptors (Lipinski definition) is 6. The number of nitrogens with one attached hydrogen (secondary N) is 1. The van der Waals surface area contributed by atoms with Crippen molar-refractivity contribution in [3.05, 3.63) is 66.2 Å². The number of methoxy groups -OCH3 is 2. The molecular weight excluding hydrogens is 468 g/mol. The maximum absolute atomic E-state index is 12.6. The van der Waals surface area contributed by atoms with Crippen LogP contribution in [0.1, 0.15) is 45.6 Å². The van der Waals surface area contributed by atoms with Gasteiger partial charge in [-0.05, 0) is 45.6 Å². The van der Waals surface area contributed by atoms with E-state index in [9.17, 15) is 4.79 Å². The maximum Gasteiger partial charge on any atom is 0.408 e. The fourth-order valence-corrected chi connectivity index (χ4v) is 4.74. The lowest BCUT2D eigenvalue weighted by atomic mass is 9.71. The molecule has 0 spiro atoms. The molecule has 1 N–H and O–H groups in total. The van der Waals surface area contributed by atoms with Gasteiger partial charge < -0.3 is 19.5 Å². The number of rotatable bonds is 6. The lowest BCUT2D eigenvalue weighted by molar-refractivity contribution is 0.0377. The van der Waals surface area contributed by atoms with Crippen LogP contribution in [0.4, 0.5) is 4.79 Å². The lowest BCUT2D eigenvalue weighted by Crippen LogP contribution is -2.52. The Kier molecular flexibility index (Phi) is 6.27. The first kappa shape index (κ1) is 24.6. The third kappa shape index (κ3) is 4.71. The molecule has 0 saturated heterocycles. The highest BCUT2D eigenvalue weighted by atomic mass is 16.6. The van der Waals surface area contributed by atoms with E-state index in [1.54, 1.807) is 24.8 Å². The van der Waals surface area contributed by atoms with Gasteiger partial charge in [0.25, 0.3) is 0 Å². The molecule has 0 radical (unpaired) electrons. The van der Waals surface area contributed by atoms with Crippen molar-refractivity contribution in [2.24, 2.45) is 0 Å². The molecule has 2 aromatic carbocycles. The molecule has 1 aliphatic rings. The molecule has 192 valence electrons. The van der Waals surface area contributed by atoms with Crippen LogP contribution in [0.2, 0.25) is 0 Å². The molecule has 8 nitrogen and oxygen atoms in total. The second-order valence-electron chi connectivity index (χ2n) is 10.3. The predicted molar refractivity (Wildman–Crippen MR) is 142 cm³/mol. The van der Waals surface area contributed by atoms with Gasteiger partial charge in [0, 0.05) is 17.2 Å². The Morgan fingerprint density at radius 3 is 2.24 bits per heavy atom. The fraction of sp³-hybridized carbons (Fsp3) is 0.345. The smallest absolute Gasteiger partial charge is 0.408 e. The van der Waals surface area contributed by atoms with Crippen LogP contribution >= 0.6 is 0 Å². The number of nitrogens with zero attached hydrogens (tertiary/aromatic N) is 3. The summed E-state index contributed by atoms with van der Waals surface area (Å²) in [5.41, 5.74) is 4.21. The van der Waals surface area contributed by atoms with E-state index in [4.69, 9.17) is 19.2 Å². The molecule has 2 aromatic heterocycles. The van der Waals surface area contributed by atoms with Gasteiger partial charge in [0.1, 0.15) is 11.3 Å². The van der Waals surface area contributed by atoms with E-state index < -0.39 is 17.2 Å². The van der Waals surface area contributed by atoms with Gasteiger partial charge in [0.05, 0.1) is 25.5 Å². The molecule has 0 aliphatic heterocycles. The third-order valence-corrected chi connectivity index (χ3v) is 6.66. The normalized spacial score (nSPS) is 14.6. The van der Waals surface area contributed by atoms with Crippen LogP contribution in [0.3, 0.4) is 0 Å². The fourth-order valence-electron chi connectivity index (χ4n) is 4.74. The summed E-state index contributed by atoms with van der Waals surface area (Å²) in [7, 11) is 3.18. The van der Waals surface area contributed by atoms with Gasteiger partial charge in [0.15, 0.2) is 11.4 Å². The van der Waals surface area contributed by atoms with Crippen LogP contribution < -0.4 is 14.8 Å². The standard InChI is InChI=1S/C29H32N4O4/c1-28(2,3)37-27(34)31-29(16-9-17-29)21-14-12-19(13-15-21)24-25(20-10-7-6-8-11-20)33-26(30-24)22(35-4)18-23(32-33)36-5/h6-8,10-15,18H,9,16-17H2,1-5H3,(H,31,34). The van der Waals surface area contributed by atoms with Gasteiger partial charge >= 0.3 is 6.09 Å². The molecular formula is C29H32N4O4. The van der Waals surface area contributed by atoms with Crippen molar-refractivity contribution >= 4 is 11.7 Å². The van der Waals surface area contributed by atoms with Crippen LogP contribution in [-0.2, 0) is 10.3 Å². The highest BCUT2D eigenvalue weighted by molar-refractivity contribution is 5.83. The summed E-state index contributed by atoms with van der Waals surface area (Å²) in [6.45, 7) is 5.61. The zero-order valence-corrected chi connectivity index (χ0v) is 21.9. The van der Waals surface area contributed by atoms with Crippen molar-refractivity contribution in [3.8, 4) is 34.1 Å². The Balaban J connectivity index is 1.57. The maximum atomic E-state index is 12.6. The molecule has 5 rings (SSSR count). The number of amides is 1. The van der Waals surface area contributed by atoms with Gasteiger partial charge in [-0.3, -0.25) is 0 Å². The minimum absolute atomic E-state index is 0.393. The molecule has 0 unspecified atom stereocenters. The van der Waals surface area contributed by atoms with Crippen LogP contribution in [0.25, 0.3) is 28.2 Å². The third-order valence-electron chi connectivity index (χ3n) is 6.66. The number of carbonyl (C=O) groups excluding carboxylic acids is 1. The average Bonchev–Trinajstić information content (AvgIpc) is 3.24. The lowest BCUT2D eigenvalue weighted by Gasteiger charge is -2.43. The molecule has 1 amide bonds. The monoisotopic (exact) mass is 500 g/mol. The molecule has 37 heavy (non-hydrogen) atoms. The summed E-state index contributed by atoms with van der Waals surface area (Å²) in [4.78, 5) is 17.5. The topological polar surface area (TPSA) is 87.0 Å². The van der Waals surface area contributed by atoms with Gasteiger partial charge in [-0.25, -0.2) is 14.3 Å². The number of hydrogen-bond donors (Lipinski definition) is 1. The first-order chi connectivity index (χ1) is 17.7. The molecule has 1 saturated carbocycles. The van der Waals surface area contributed by atoms with Crippen molar-refractivity contribution in [1.82, 2.24) is 19.9 Å². The van der Waals surface area contributed by atoms with E-state index in [0.29, 0.717) is 17.3 Å². The molecule has 8 heteroatoms. The Morgan fingerprint density at radius 1 is 0.973 bits per heavy atom. The number of aromatic nitrogens is 3. The van der Waals surface area contributed by atoms with Gasteiger partial charge in [-0.2, -0.15) is 0 Å². The van der Waals surface area contributed by atoms with E-state index in [0.717, 1.165) is 47.3 Å². The van der Waals surface area contributed by atoms with E-state index in [1.807, 2.05) is 63.2 Å². The second kappa shape index (κ2) is 9.42. The zero-order valence-electron chi connectivity index (χ0n) is 21.9. The van der Waals surface area contributed by atoms with Crippen molar-refractivity contribution in [3.63, 3.8) is 0 Å². The predicted octanol–water partition coefficient (Wildman–Crippen LogP) is 5.98. The van der Waals surface area contributed by atoms with E-state index in [-0.39, 0.29) is 0 Å². The van der Waals surface area contributed by atoms with Gasteiger partial charge in [-0.1, -0.05) is 54.6 Å². The summed E-state index contributed by atoms with van der Waals surface area (Å²) in [5.74, 6) is 1.00. The second-order valence-corrected chi connectivity index (χ2v) is 10.3. The zero-order chi connectivity index (χ0) is 26.2. The molecule has 0 atom stereocenters. The molecule has 1 fully saturated rings. The number of alkyl carbamates (subject to hydrolysis) is 1. The van der Waals surface area contributed by atoms with Gasteiger partial charge in [-0.15, -0.1) is 5.10 Å². The minimum atomic E-state index is -0.548. The van der Waals surface area contributed by atoms with Gasteiger partial charge in [0.2, 0.25) is 5.88 Å². The number of benzene rings is 2. The molecule has 1 aliphatic carbocycles. The van der Waals surface area contributed by atoms with Crippen LogP contribution in [0.15, 0.2) is 60.7 Å². The SMILES string of the molecule is COc1cc(OC)c2nc(-c3ccc(C4(NC(=O)OC(C)(C)C)CCC4)cc3)c(-c3ccccc3)n2n1. The first-order valence-electron chi connectivity index (χ1n) is 12.4. The highest BCUT2D eigenvalue weighted by Crippen LogP contribution is 2.43. The largest absolute Gasteiger partial charge is 0.493 e. The number of carbonyl (C=O) groups is 1. The number of ether oxygens (including phenoxy) is 3. The summed E-state index contributed by atoms with van der Waals surface area (Å²) in [6, 6.07) is 20.0. The summed E-state index contributed by atoms with van der Waals surface area (Å²) in [6.07, 6.45) is 2.40. The molecule has 4 aromatic rings. The van der Waals surface area contributed by atoms with Crippen LogP contribution in [0.5, 0.6) is 11.6 Å². The van der Waals surface area contributed by atoms with E-state index >= 15 is 0 Å². The van der Waals surface area contributed by atoms with Crippen LogP contribution in [-0.4, -0.2) is 40.5 Å². The van der Waals surface area contributed by atoms with Crippen molar-refractivity contribution in [1.29, 1.82) is 0 Å². The number of fused-ring (bicyclic) bond motifs is 1. The quantitative estimate of drug-likeness (QED) is 0.350. The summed E-state index contributed by atoms with van der Waals surface area (Å²) < 4.78 is 18.3. The van der Waals surface area contributed by atoms with E-state index in [2.05, 4.69) is 22.5 Å². The number of imidazole rings is 1. The molecule has 0 bridgehead atoms. The summed E-state index contributed by atoms with van der Waals surface area (Å²) in [5, 5.41) is 7.78. The highest BCUT2D eigenvalue weighted by Gasteiger charge is 2.41.